The van der Waals surface area contributed by atoms with Gasteiger partial charge in [-0.05, 0) is 29.0 Å². The van der Waals surface area contributed by atoms with Crippen LogP contribution in [0.3, 0.4) is 0 Å². The predicted molar refractivity (Wildman–Crippen MR) is 107 cm³/mol. The highest BCUT2D eigenvalue weighted by atomic mass is 28.4. The van der Waals surface area contributed by atoms with Gasteiger partial charge in [0.15, 0.2) is 35.2 Å². The van der Waals surface area contributed by atoms with Crippen molar-refractivity contribution in [2.75, 3.05) is 0 Å². The Morgan fingerprint density at radius 3 is 1.97 bits per heavy atom. The molecule has 0 N–H and O–H groups in total. The lowest BCUT2D eigenvalue weighted by molar-refractivity contribution is 0.319. The van der Waals surface area contributed by atoms with Crippen LogP contribution in [0.2, 0.25) is 16.1 Å². The molecule has 0 bridgehead atoms. The van der Waals surface area contributed by atoms with Gasteiger partial charge in [-0.1, -0.05) is 53.9 Å². The third-order valence-corrected chi connectivity index (χ3v) is 13.1. The number of fused-ring (bicyclic) bond motifs is 1. The van der Waals surface area contributed by atoms with Gasteiger partial charge in [-0.15, -0.1) is 0 Å². The van der Waals surface area contributed by atoms with Crippen LogP contribution < -0.4 is 4.43 Å². The van der Waals surface area contributed by atoms with Crippen molar-refractivity contribution in [1.29, 1.82) is 0 Å². The first-order chi connectivity index (χ1) is 13.9. The molecule has 3 rings (SSSR count). The van der Waals surface area contributed by atoms with Crippen molar-refractivity contribution in [1.82, 2.24) is 0 Å². The number of allylic oxidation sites excluding steroid dienone is 1. The molecule has 0 aliphatic heterocycles. The first-order valence-corrected chi connectivity index (χ1v) is 12.5. The number of halogens is 6. The van der Waals surface area contributed by atoms with Gasteiger partial charge in [-0.25, -0.2) is 22.0 Å². The van der Waals surface area contributed by atoms with Crippen LogP contribution in [0.25, 0.3) is 5.83 Å². The maximum atomic E-state index is 15.2. The van der Waals surface area contributed by atoms with Gasteiger partial charge >= 0.3 is 0 Å². The van der Waals surface area contributed by atoms with Crippen LogP contribution in [0.15, 0.2) is 5.83 Å². The second-order valence-corrected chi connectivity index (χ2v) is 15.0. The Bertz CT molecular complexity index is 870. The molecule has 1 aromatic carbocycles. The van der Waals surface area contributed by atoms with Crippen molar-refractivity contribution in [3.8, 4) is 5.75 Å². The van der Waals surface area contributed by atoms with Crippen molar-refractivity contribution in [2.45, 2.75) is 89.0 Å². The highest BCUT2D eigenvalue weighted by Gasteiger charge is 2.57. The third-order valence-electron chi connectivity index (χ3n) is 6.73. The second kappa shape index (κ2) is 7.91. The third kappa shape index (κ3) is 3.29. The molecule has 2 unspecified atom stereocenters. The summed E-state index contributed by atoms with van der Waals surface area (Å²) >= 11 is 0. The highest BCUT2D eigenvalue weighted by Crippen LogP contribution is 2.57. The van der Waals surface area contributed by atoms with E-state index >= 15 is 4.39 Å². The molecule has 1 fully saturated rings. The van der Waals surface area contributed by atoms with Gasteiger partial charge in [-0.3, -0.25) is 0 Å². The van der Waals surface area contributed by atoms with Crippen LogP contribution >= 0.6 is 0 Å². The summed E-state index contributed by atoms with van der Waals surface area (Å²) in [5.74, 6) is -9.95. The minimum Gasteiger partial charge on any atom is -0.538 e. The topological polar surface area (TPSA) is 9.23 Å². The number of hydrogen-bond donors (Lipinski definition) is 0. The van der Waals surface area contributed by atoms with Crippen LogP contribution in [-0.2, 0) is 0 Å². The van der Waals surface area contributed by atoms with Gasteiger partial charge in [0, 0.05) is 5.56 Å². The summed E-state index contributed by atoms with van der Waals surface area (Å²) in [5.41, 5.74) is -2.52. The van der Waals surface area contributed by atoms with Gasteiger partial charge in [0.2, 0.25) is 5.82 Å². The molecule has 168 valence electrons. The zero-order chi connectivity index (χ0) is 22.6. The molecule has 0 saturated heterocycles. The van der Waals surface area contributed by atoms with Crippen molar-refractivity contribution in [3.05, 3.63) is 34.4 Å². The van der Waals surface area contributed by atoms with E-state index < -0.39 is 65.5 Å². The molecule has 2 aliphatic rings. The monoisotopic (exact) mass is 450 g/mol. The Labute approximate surface area is 174 Å². The molecular formula is C22H28F6OSi. The maximum absolute atomic E-state index is 15.2. The zero-order valence-electron chi connectivity index (χ0n) is 17.9. The minimum absolute atomic E-state index is 0.0624. The second-order valence-electron chi connectivity index (χ2n) is 9.72. The first kappa shape index (κ1) is 23.2. The van der Waals surface area contributed by atoms with E-state index in [1.165, 1.54) is 0 Å². The Hall–Kier alpha value is -1.44. The molecule has 8 heteroatoms. The van der Waals surface area contributed by atoms with E-state index in [2.05, 4.69) is 0 Å². The maximum Gasteiger partial charge on any atom is 0.262 e. The van der Waals surface area contributed by atoms with Crippen molar-refractivity contribution < 1.29 is 30.8 Å². The van der Waals surface area contributed by atoms with E-state index in [4.69, 9.17) is 4.43 Å². The smallest absolute Gasteiger partial charge is 0.262 e. The lowest BCUT2D eigenvalue weighted by Crippen LogP contribution is -2.57. The summed E-state index contributed by atoms with van der Waals surface area (Å²) in [5, 5.41) is -0.486. The first-order valence-electron chi connectivity index (χ1n) is 10.4. The Morgan fingerprint density at radius 2 is 1.47 bits per heavy atom. The number of benzene rings is 1. The number of alkyl halides is 1. The predicted octanol–water partition coefficient (Wildman–Crippen LogP) is 8.60. The van der Waals surface area contributed by atoms with Crippen LogP contribution in [0.4, 0.5) is 26.3 Å². The van der Waals surface area contributed by atoms with Crippen molar-refractivity contribution in [3.63, 3.8) is 0 Å². The van der Waals surface area contributed by atoms with Gasteiger partial charge in [0.25, 0.3) is 8.32 Å². The molecule has 2 atom stereocenters. The van der Waals surface area contributed by atoms with Gasteiger partial charge < -0.3 is 4.43 Å². The van der Waals surface area contributed by atoms with Crippen molar-refractivity contribution >= 4 is 14.1 Å². The largest absolute Gasteiger partial charge is 0.538 e. The summed E-state index contributed by atoms with van der Waals surface area (Å²) < 4.78 is 92.9. The van der Waals surface area contributed by atoms with E-state index in [0.717, 1.165) is 32.1 Å². The Balaban J connectivity index is 2.23. The molecule has 0 radical (unpaired) electrons. The van der Waals surface area contributed by atoms with Crippen LogP contribution in [0.5, 0.6) is 5.75 Å². The average Bonchev–Trinajstić information content (AvgIpc) is 2.90. The van der Waals surface area contributed by atoms with E-state index in [-0.39, 0.29) is 11.1 Å². The van der Waals surface area contributed by atoms with Gasteiger partial charge in [0.05, 0.1) is 5.56 Å². The van der Waals surface area contributed by atoms with Gasteiger partial charge in [0.1, 0.15) is 0 Å². The van der Waals surface area contributed by atoms with Crippen LogP contribution in [0, 0.1) is 17.5 Å². The molecule has 0 amide bonds. The molecule has 0 heterocycles. The molecule has 1 aromatic rings. The standard InChI is InChI=1S/C22H28F6OSi/c1-11(2)30(22(3,4)5,12-9-7-6-8-10-12)29-21-18(26)14-13(17(25)20(21)28)15(23)19(27)16(14)24/h11-12,15H,6-10H2,1-5H3. The summed E-state index contributed by atoms with van der Waals surface area (Å²) in [6.07, 6.45) is 1.77. The molecular weight excluding hydrogens is 422 g/mol. The van der Waals surface area contributed by atoms with E-state index in [9.17, 15) is 22.0 Å². The van der Waals surface area contributed by atoms with Crippen molar-refractivity contribution in [2.24, 2.45) is 0 Å². The summed E-state index contributed by atoms with van der Waals surface area (Å²) in [4.78, 5) is 0. The Kier molecular flexibility index (Phi) is 6.13. The molecule has 30 heavy (non-hydrogen) atoms. The Morgan fingerprint density at radius 1 is 0.900 bits per heavy atom. The molecule has 2 aliphatic carbocycles. The quantitative estimate of drug-likeness (QED) is 0.253. The van der Waals surface area contributed by atoms with Crippen LogP contribution in [0.1, 0.15) is 84.0 Å². The minimum atomic E-state index is -3.06. The highest BCUT2D eigenvalue weighted by molar-refractivity contribution is 6.80. The molecule has 1 nitrogen and oxygen atoms in total. The summed E-state index contributed by atoms with van der Waals surface area (Å²) in [6, 6.07) is 0. The zero-order valence-corrected chi connectivity index (χ0v) is 18.9. The summed E-state index contributed by atoms with van der Waals surface area (Å²) in [6.45, 7) is 9.65. The average molecular weight is 451 g/mol. The molecule has 1 saturated carbocycles. The van der Waals surface area contributed by atoms with Gasteiger partial charge in [-0.2, -0.15) is 4.39 Å². The lowest BCUT2D eigenvalue weighted by Gasteiger charge is -2.51. The summed E-state index contributed by atoms with van der Waals surface area (Å²) in [7, 11) is -3.06. The lowest BCUT2D eigenvalue weighted by atomic mass is 10.0. The fourth-order valence-corrected chi connectivity index (χ4v) is 12.0. The van der Waals surface area contributed by atoms with Crippen LogP contribution in [-0.4, -0.2) is 8.32 Å². The fraction of sp³-hybridized carbons (Fsp3) is 0.636. The number of hydrogen-bond acceptors (Lipinski definition) is 1. The van der Waals surface area contributed by atoms with E-state index in [1.807, 2.05) is 34.6 Å². The van der Waals surface area contributed by atoms with E-state index in [1.54, 1.807) is 0 Å². The molecule has 0 spiro atoms. The SMILES string of the molecule is CC(C)[Si](Oc1c(F)c(F)c2c(c1F)C(F)=C(F)C2F)(C1CCCCC1)C(C)(C)C. The number of rotatable bonds is 4. The fourth-order valence-electron chi connectivity index (χ4n) is 5.56. The normalized spacial score (nSPS) is 22.5. The van der Waals surface area contributed by atoms with E-state index in [0.29, 0.717) is 0 Å². The molecule has 0 aromatic heterocycles.